The molecule has 0 saturated heterocycles. The van der Waals surface area contributed by atoms with Crippen LogP contribution in [0.4, 0.5) is 8.78 Å². The largest absolute Gasteiger partial charge is 0.328 e. The maximum atomic E-state index is 12.9. The van der Waals surface area contributed by atoms with Gasteiger partial charge in [0.15, 0.2) is 11.6 Å². The fourth-order valence-electron chi connectivity index (χ4n) is 1.31. The van der Waals surface area contributed by atoms with Gasteiger partial charge >= 0.3 is 0 Å². The smallest absolute Gasteiger partial charge is 0.240 e. The Balaban J connectivity index is 2.71. The van der Waals surface area contributed by atoms with Crippen LogP contribution in [0.2, 0.25) is 0 Å². The molecule has 0 radical (unpaired) electrons. The zero-order valence-electron chi connectivity index (χ0n) is 9.99. The summed E-state index contributed by atoms with van der Waals surface area (Å²) in [6, 6.07) is 2.36. The minimum absolute atomic E-state index is 0.0855. The molecule has 0 saturated carbocycles. The maximum absolute atomic E-state index is 12.9. The molecule has 0 fully saturated rings. The van der Waals surface area contributed by atoms with Crippen LogP contribution in [0.1, 0.15) is 19.8 Å². The van der Waals surface area contributed by atoms with E-state index in [1.54, 1.807) is 0 Å². The van der Waals surface area contributed by atoms with E-state index in [2.05, 4.69) is 4.72 Å². The number of nitrogens with two attached hydrogens (primary N) is 1. The Morgan fingerprint density at radius 1 is 1.33 bits per heavy atom. The van der Waals surface area contributed by atoms with E-state index >= 15 is 0 Å². The summed E-state index contributed by atoms with van der Waals surface area (Å²) in [4.78, 5) is -0.300. The van der Waals surface area contributed by atoms with E-state index < -0.39 is 21.7 Å². The minimum Gasteiger partial charge on any atom is -0.328 e. The topological polar surface area (TPSA) is 72.2 Å². The van der Waals surface area contributed by atoms with Crippen LogP contribution in [0.25, 0.3) is 0 Å². The van der Waals surface area contributed by atoms with Crippen molar-refractivity contribution in [3.63, 3.8) is 0 Å². The van der Waals surface area contributed by atoms with Crippen LogP contribution in [0.3, 0.4) is 0 Å². The van der Waals surface area contributed by atoms with Crippen molar-refractivity contribution in [3.8, 4) is 0 Å². The van der Waals surface area contributed by atoms with Gasteiger partial charge in [-0.15, -0.1) is 0 Å². The van der Waals surface area contributed by atoms with E-state index in [-0.39, 0.29) is 17.5 Å². The van der Waals surface area contributed by atoms with Gasteiger partial charge in [-0.3, -0.25) is 0 Å². The first-order valence-electron chi connectivity index (χ1n) is 5.57. The highest BCUT2D eigenvalue weighted by Gasteiger charge is 2.16. The first kappa shape index (κ1) is 15.0. The summed E-state index contributed by atoms with van der Waals surface area (Å²) in [6.07, 6.45) is 1.23. The zero-order chi connectivity index (χ0) is 13.8. The van der Waals surface area contributed by atoms with Gasteiger partial charge in [0.2, 0.25) is 10.0 Å². The highest BCUT2D eigenvalue weighted by molar-refractivity contribution is 7.89. The minimum atomic E-state index is -3.82. The molecule has 1 aromatic rings. The molecule has 102 valence electrons. The van der Waals surface area contributed by atoms with Crippen molar-refractivity contribution >= 4 is 10.0 Å². The van der Waals surface area contributed by atoms with E-state index in [1.165, 1.54) is 0 Å². The van der Waals surface area contributed by atoms with Gasteiger partial charge in [0.1, 0.15) is 0 Å². The molecule has 0 bridgehead atoms. The number of benzene rings is 1. The lowest BCUT2D eigenvalue weighted by Gasteiger charge is -2.10. The second kappa shape index (κ2) is 6.21. The second-order valence-corrected chi connectivity index (χ2v) is 5.70. The third kappa shape index (κ3) is 4.01. The molecule has 0 aliphatic heterocycles. The molecule has 0 amide bonds. The fraction of sp³-hybridized carbons (Fsp3) is 0.455. The Labute approximate surface area is 105 Å². The Bertz CT molecular complexity index is 506. The molecule has 1 aromatic carbocycles. The molecule has 7 heteroatoms. The molecule has 0 aromatic heterocycles. The van der Waals surface area contributed by atoms with Crippen LogP contribution in [0.5, 0.6) is 0 Å². The van der Waals surface area contributed by atoms with Crippen molar-refractivity contribution < 1.29 is 17.2 Å². The summed E-state index contributed by atoms with van der Waals surface area (Å²) in [5, 5.41) is 0. The predicted molar refractivity (Wildman–Crippen MR) is 64.4 cm³/mol. The van der Waals surface area contributed by atoms with Gasteiger partial charge in [-0.05, 0) is 31.0 Å². The third-order valence-electron chi connectivity index (χ3n) is 2.53. The molecule has 1 atom stereocenters. The second-order valence-electron chi connectivity index (χ2n) is 3.93. The molecular formula is C11H16F2N2O2S. The first-order valence-corrected chi connectivity index (χ1v) is 7.05. The van der Waals surface area contributed by atoms with Gasteiger partial charge in [-0.25, -0.2) is 21.9 Å². The van der Waals surface area contributed by atoms with Crippen molar-refractivity contribution in [2.24, 2.45) is 5.73 Å². The number of nitrogens with one attached hydrogen (secondary N) is 1. The van der Waals surface area contributed by atoms with Crippen molar-refractivity contribution in [1.29, 1.82) is 0 Å². The monoisotopic (exact) mass is 278 g/mol. The summed E-state index contributed by atoms with van der Waals surface area (Å²) in [6.45, 7) is 2.06. The Morgan fingerprint density at radius 2 is 2.00 bits per heavy atom. The van der Waals surface area contributed by atoms with Crippen LogP contribution < -0.4 is 10.5 Å². The lowest BCUT2D eigenvalue weighted by atomic mass is 10.2. The van der Waals surface area contributed by atoms with Gasteiger partial charge in [-0.2, -0.15) is 0 Å². The SMILES string of the molecule is CCC(N)CCNS(=O)(=O)c1ccc(F)c(F)c1. The van der Waals surface area contributed by atoms with Crippen LogP contribution in [0, 0.1) is 11.6 Å². The molecule has 0 spiro atoms. The highest BCUT2D eigenvalue weighted by Crippen LogP contribution is 2.13. The fourth-order valence-corrected chi connectivity index (χ4v) is 2.37. The summed E-state index contributed by atoms with van der Waals surface area (Å²) < 4.78 is 51.4. The maximum Gasteiger partial charge on any atom is 0.240 e. The van der Waals surface area contributed by atoms with Crippen molar-refractivity contribution in [2.75, 3.05) is 6.54 Å². The van der Waals surface area contributed by atoms with E-state index in [1.807, 2.05) is 6.92 Å². The molecule has 3 N–H and O–H groups in total. The zero-order valence-corrected chi connectivity index (χ0v) is 10.8. The highest BCUT2D eigenvalue weighted by atomic mass is 32.2. The Hall–Kier alpha value is -1.05. The molecule has 18 heavy (non-hydrogen) atoms. The molecule has 4 nitrogen and oxygen atoms in total. The summed E-state index contributed by atoms with van der Waals surface area (Å²) in [7, 11) is -3.82. The normalized spacial score (nSPS) is 13.6. The van der Waals surface area contributed by atoms with Crippen molar-refractivity contribution in [3.05, 3.63) is 29.8 Å². The number of hydrogen-bond acceptors (Lipinski definition) is 3. The molecule has 1 rings (SSSR count). The van der Waals surface area contributed by atoms with Gasteiger partial charge in [0.25, 0.3) is 0 Å². The summed E-state index contributed by atoms with van der Waals surface area (Å²) in [5.74, 6) is -2.27. The number of sulfonamides is 1. The van der Waals surface area contributed by atoms with Gasteiger partial charge in [-0.1, -0.05) is 6.92 Å². The van der Waals surface area contributed by atoms with Gasteiger partial charge in [0.05, 0.1) is 4.90 Å². The Morgan fingerprint density at radius 3 is 2.56 bits per heavy atom. The molecule has 0 heterocycles. The van der Waals surface area contributed by atoms with Gasteiger partial charge in [0, 0.05) is 12.6 Å². The average molecular weight is 278 g/mol. The molecule has 1 unspecified atom stereocenters. The van der Waals surface area contributed by atoms with E-state index in [4.69, 9.17) is 5.73 Å². The summed E-state index contributed by atoms with van der Waals surface area (Å²) >= 11 is 0. The third-order valence-corrected chi connectivity index (χ3v) is 3.99. The van der Waals surface area contributed by atoms with E-state index in [0.29, 0.717) is 12.5 Å². The number of hydrogen-bond donors (Lipinski definition) is 2. The van der Waals surface area contributed by atoms with E-state index in [9.17, 15) is 17.2 Å². The molecule has 0 aliphatic carbocycles. The number of rotatable bonds is 6. The first-order chi connectivity index (χ1) is 8.36. The van der Waals surface area contributed by atoms with Crippen LogP contribution in [0.15, 0.2) is 23.1 Å². The van der Waals surface area contributed by atoms with E-state index in [0.717, 1.165) is 18.6 Å². The van der Waals surface area contributed by atoms with Gasteiger partial charge < -0.3 is 5.73 Å². The predicted octanol–water partition coefficient (Wildman–Crippen LogP) is 1.37. The molecule has 0 aliphatic rings. The Kier molecular flexibility index (Phi) is 5.18. The average Bonchev–Trinajstić information content (AvgIpc) is 2.32. The number of halogens is 2. The van der Waals surface area contributed by atoms with Crippen LogP contribution >= 0.6 is 0 Å². The lowest BCUT2D eigenvalue weighted by Crippen LogP contribution is -2.30. The quantitative estimate of drug-likeness (QED) is 0.825. The van der Waals surface area contributed by atoms with Crippen LogP contribution in [-0.2, 0) is 10.0 Å². The lowest BCUT2D eigenvalue weighted by molar-refractivity contribution is 0.503. The van der Waals surface area contributed by atoms with Crippen molar-refractivity contribution in [2.45, 2.75) is 30.7 Å². The van der Waals surface area contributed by atoms with Crippen LogP contribution in [-0.4, -0.2) is 21.0 Å². The van der Waals surface area contributed by atoms with Crippen molar-refractivity contribution in [1.82, 2.24) is 4.72 Å². The summed E-state index contributed by atoms with van der Waals surface area (Å²) in [5.41, 5.74) is 5.64. The standard InChI is InChI=1S/C11H16F2N2O2S/c1-2-8(14)5-6-15-18(16,17)9-3-4-10(12)11(13)7-9/h3-4,7-8,15H,2,5-6,14H2,1H3. The molecular weight excluding hydrogens is 262 g/mol.